The summed E-state index contributed by atoms with van der Waals surface area (Å²) in [5.74, 6) is 1.02. The quantitative estimate of drug-likeness (QED) is 0.876. The van der Waals surface area contributed by atoms with Gasteiger partial charge in [-0.25, -0.2) is 0 Å². The van der Waals surface area contributed by atoms with Gasteiger partial charge in [-0.05, 0) is 33.3 Å². The van der Waals surface area contributed by atoms with Crippen molar-refractivity contribution in [1.82, 2.24) is 10.2 Å². The third-order valence-corrected chi connectivity index (χ3v) is 3.92. The topological polar surface area (TPSA) is 49.4 Å². The van der Waals surface area contributed by atoms with Crippen LogP contribution in [0, 0.1) is 6.92 Å². The van der Waals surface area contributed by atoms with E-state index < -0.39 is 0 Å². The number of thioether (sulfide) groups is 1. The Kier molecular flexibility index (Phi) is 6.94. The molecule has 1 N–H and O–H groups in total. The van der Waals surface area contributed by atoms with Crippen LogP contribution in [0.4, 0.5) is 0 Å². The van der Waals surface area contributed by atoms with Gasteiger partial charge in [-0.15, -0.1) is 11.8 Å². The zero-order valence-electron chi connectivity index (χ0n) is 14.1. The van der Waals surface area contributed by atoms with Crippen molar-refractivity contribution in [2.75, 3.05) is 19.3 Å². The summed E-state index contributed by atoms with van der Waals surface area (Å²) in [6, 6.07) is 8.29. The van der Waals surface area contributed by atoms with E-state index >= 15 is 0 Å². The second-order valence-electron chi connectivity index (χ2n) is 6.53. The molecule has 1 aromatic carbocycles. The first kappa shape index (κ1) is 18.6. The molecular weight excluding hydrogens is 296 g/mol. The van der Waals surface area contributed by atoms with E-state index in [1.807, 2.05) is 20.8 Å². The standard InChI is InChI=1S/C17H26N2O2S/c1-13-6-8-14(9-7-13)11-22-12-16(21)19(5)10-15(20)18-17(2,3)4/h6-9H,10-12H2,1-5H3,(H,18,20). The first-order chi connectivity index (χ1) is 10.2. The van der Waals surface area contributed by atoms with Crippen LogP contribution < -0.4 is 5.32 Å². The molecule has 1 aromatic rings. The van der Waals surface area contributed by atoms with Crippen LogP contribution in [-0.2, 0) is 15.3 Å². The Balaban J connectivity index is 2.32. The third-order valence-electron chi connectivity index (χ3n) is 2.94. The number of hydrogen-bond acceptors (Lipinski definition) is 3. The first-order valence-electron chi connectivity index (χ1n) is 7.35. The number of amides is 2. The van der Waals surface area contributed by atoms with Gasteiger partial charge in [0.25, 0.3) is 0 Å². The maximum Gasteiger partial charge on any atom is 0.240 e. The molecule has 0 saturated carbocycles. The predicted octanol–water partition coefficient (Wildman–Crippen LogP) is 2.60. The Morgan fingerprint density at radius 1 is 1.18 bits per heavy atom. The number of aryl methyl sites for hydroxylation is 1. The molecule has 0 aliphatic heterocycles. The van der Waals surface area contributed by atoms with Crippen LogP contribution in [-0.4, -0.2) is 41.6 Å². The number of hydrogen-bond donors (Lipinski definition) is 1. The Hall–Kier alpha value is -1.49. The fourth-order valence-electron chi connectivity index (χ4n) is 1.81. The van der Waals surface area contributed by atoms with Crippen molar-refractivity contribution >= 4 is 23.6 Å². The maximum absolute atomic E-state index is 12.0. The average Bonchev–Trinajstić information content (AvgIpc) is 2.38. The van der Waals surface area contributed by atoms with Crippen molar-refractivity contribution in [3.05, 3.63) is 35.4 Å². The highest BCUT2D eigenvalue weighted by Crippen LogP contribution is 2.13. The van der Waals surface area contributed by atoms with Crippen LogP contribution in [0.1, 0.15) is 31.9 Å². The highest BCUT2D eigenvalue weighted by Gasteiger charge is 2.17. The zero-order chi connectivity index (χ0) is 16.8. The van der Waals surface area contributed by atoms with E-state index in [9.17, 15) is 9.59 Å². The zero-order valence-corrected chi connectivity index (χ0v) is 14.9. The molecule has 0 saturated heterocycles. The van der Waals surface area contributed by atoms with Crippen LogP contribution in [0.25, 0.3) is 0 Å². The molecule has 5 heteroatoms. The molecular formula is C17H26N2O2S. The molecule has 22 heavy (non-hydrogen) atoms. The van der Waals surface area contributed by atoms with Gasteiger partial charge in [-0.2, -0.15) is 0 Å². The lowest BCUT2D eigenvalue weighted by atomic mass is 10.1. The summed E-state index contributed by atoms with van der Waals surface area (Å²) >= 11 is 1.57. The Morgan fingerprint density at radius 3 is 2.32 bits per heavy atom. The molecule has 0 atom stereocenters. The Labute approximate surface area is 137 Å². The molecule has 122 valence electrons. The molecule has 0 aliphatic carbocycles. The summed E-state index contributed by atoms with van der Waals surface area (Å²) in [7, 11) is 1.66. The molecule has 2 amide bonds. The molecule has 0 radical (unpaired) electrons. The van der Waals surface area contributed by atoms with Crippen LogP contribution in [0.15, 0.2) is 24.3 Å². The second-order valence-corrected chi connectivity index (χ2v) is 7.51. The molecule has 0 aliphatic rings. The Bertz CT molecular complexity index is 506. The van der Waals surface area contributed by atoms with Crippen molar-refractivity contribution in [3.63, 3.8) is 0 Å². The number of carbonyl (C=O) groups is 2. The van der Waals surface area contributed by atoms with Crippen LogP contribution in [0.5, 0.6) is 0 Å². The van der Waals surface area contributed by atoms with Gasteiger partial charge in [-0.3, -0.25) is 9.59 Å². The summed E-state index contributed by atoms with van der Waals surface area (Å²) in [4.78, 5) is 25.3. The van der Waals surface area contributed by atoms with Gasteiger partial charge in [0, 0.05) is 18.3 Å². The van der Waals surface area contributed by atoms with E-state index in [2.05, 4.69) is 36.5 Å². The highest BCUT2D eigenvalue weighted by molar-refractivity contribution is 7.99. The largest absolute Gasteiger partial charge is 0.350 e. The molecule has 0 heterocycles. The van der Waals surface area contributed by atoms with Gasteiger partial charge >= 0.3 is 0 Å². The minimum absolute atomic E-state index is 0.0267. The molecule has 0 unspecified atom stereocenters. The second kappa shape index (κ2) is 8.22. The van der Waals surface area contributed by atoms with E-state index in [-0.39, 0.29) is 23.9 Å². The number of rotatable bonds is 6. The summed E-state index contributed by atoms with van der Waals surface area (Å²) in [5, 5.41) is 2.85. The molecule has 0 spiro atoms. The maximum atomic E-state index is 12.0. The lowest BCUT2D eigenvalue weighted by Crippen LogP contribution is -2.46. The fourth-order valence-corrected chi connectivity index (χ4v) is 2.74. The number of carbonyl (C=O) groups excluding carboxylic acids is 2. The van der Waals surface area contributed by atoms with E-state index in [0.717, 1.165) is 5.75 Å². The smallest absolute Gasteiger partial charge is 0.240 e. The Morgan fingerprint density at radius 2 is 1.77 bits per heavy atom. The first-order valence-corrected chi connectivity index (χ1v) is 8.51. The van der Waals surface area contributed by atoms with Gasteiger partial charge in [0.1, 0.15) is 0 Å². The summed E-state index contributed by atoms with van der Waals surface area (Å²) in [6.45, 7) is 7.91. The van der Waals surface area contributed by atoms with Crippen molar-refractivity contribution in [2.24, 2.45) is 0 Å². The molecule has 0 aromatic heterocycles. The number of nitrogens with zero attached hydrogens (tertiary/aromatic N) is 1. The van der Waals surface area contributed by atoms with Gasteiger partial charge in [0.15, 0.2) is 0 Å². The van der Waals surface area contributed by atoms with Gasteiger partial charge in [-0.1, -0.05) is 29.8 Å². The van der Waals surface area contributed by atoms with Crippen molar-refractivity contribution in [2.45, 2.75) is 39.0 Å². The molecule has 0 bridgehead atoms. The SMILES string of the molecule is Cc1ccc(CSCC(=O)N(C)CC(=O)NC(C)(C)C)cc1. The predicted molar refractivity (Wildman–Crippen MR) is 92.9 cm³/mol. The summed E-state index contributed by atoms with van der Waals surface area (Å²) in [6.07, 6.45) is 0. The number of benzene rings is 1. The van der Waals surface area contributed by atoms with E-state index in [1.54, 1.807) is 18.8 Å². The normalized spacial score (nSPS) is 11.1. The average molecular weight is 322 g/mol. The van der Waals surface area contributed by atoms with Gasteiger partial charge in [0.05, 0.1) is 12.3 Å². The van der Waals surface area contributed by atoms with E-state index in [1.165, 1.54) is 16.0 Å². The van der Waals surface area contributed by atoms with E-state index in [4.69, 9.17) is 0 Å². The summed E-state index contributed by atoms with van der Waals surface area (Å²) < 4.78 is 0. The van der Waals surface area contributed by atoms with Gasteiger partial charge < -0.3 is 10.2 Å². The van der Waals surface area contributed by atoms with E-state index in [0.29, 0.717) is 5.75 Å². The lowest BCUT2D eigenvalue weighted by Gasteiger charge is -2.23. The van der Waals surface area contributed by atoms with Crippen molar-refractivity contribution in [1.29, 1.82) is 0 Å². The molecule has 0 fully saturated rings. The third kappa shape index (κ3) is 7.50. The van der Waals surface area contributed by atoms with Crippen LogP contribution >= 0.6 is 11.8 Å². The lowest BCUT2D eigenvalue weighted by molar-refractivity contribution is -0.133. The van der Waals surface area contributed by atoms with Crippen molar-refractivity contribution < 1.29 is 9.59 Å². The van der Waals surface area contributed by atoms with Crippen LogP contribution in [0.2, 0.25) is 0 Å². The number of nitrogens with one attached hydrogen (secondary N) is 1. The van der Waals surface area contributed by atoms with Gasteiger partial charge in [0.2, 0.25) is 11.8 Å². The minimum Gasteiger partial charge on any atom is -0.350 e. The van der Waals surface area contributed by atoms with Crippen LogP contribution in [0.3, 0.4) is 0 Å². The highest BCUT2D eigenvalue weighted by atomic mass is 32.2. The fraction of sp³-hybridized carbons (Fsp3) is 0.529. The van der Waals surface area contributed by atoms with Crippen molar-refractivity contribution in [3.8, 4) is 0 Å². The summed E-state index contributed by atoms with van der Waals surface area (Å²) in [5.41, 5.74) is 2.16. The molecule has 1 rings (SSSR count). The monoisotopic (exact) mass is 322 g/mol. The minimum atomic E-state index is -0.277. The molecule has 4 nitrogen and oxygen atoms in total. The number of likely N-dealkylation sites (N-methyl/N-ethyl adjacent to an activating group) is 1.